The number of hydrogen-bond donors (Lipinski definition) is 2. The molecule has 2 aromatic heterocycles. The summed E-state index contributed by atoms with van der Waals surface area (Å²) < 4.78 is 21.5. The van der Waals surface area contributed by atoms with E-state index in [1.807, 2.05) is 26.0 Å². The lowest BCUT2D eigenvalue weighted by molar-refractivity contribution is -0.134. The predicted molar refractivity (Wildman–Crippen MR) is 146 cm³/mol. The SMILES string of the molecule is CC1(C)CN(Cc2ccc(-c3cnco3)cc2)CC[C@]1(O)c1ccc2ncc(C3CCC(=O)NC3=O)cc2c1F. The Morgan fingerprint density at radius 2 is 1.95 bits per heavy atom. The van der Waals surface area contributed by atoms with Gasteiger partial charge in [0.15, 0.2) is 12.2 Å². The number of carbonyl (C=O) groups is 2. The first-order chi connectivity index (χ1) is 19.1. The second-order valence-electron chi connectivity index (χ2n) is 11.5. The van der Waals surface area contributed by atoms with Crippen LogP contribution in [0.1, 0.15) is 55.7 Å². The van der Waals surface area contributed by atoms with Gasteiger partial charge in [-0.1, -0.05) is 44.2 Å². The number of likely N-dealkylation sites (tertiary alicyclic amines) is 1. The lowest BCUT2D eigenvalue weighted by Gasteiger charge is -2.50. The van der Waals surface area contributed by atoms with Crippen LogP contribution >= 0.6 is 0 Å². The van der Waals surface area contributed by atoms with E-state index in [4.69, 9.17) is 4.42 Å². The maximum Gasteiger partial charge on any atom is 0.234 e. The van der Waals surface area contributed by atoms with E-state index in [9.17, 15) is 14.7 Å². The average Bonchev–Trinajstić information content (AvgIpc) is 3.47. The lowest BCUT2D eigenvalue weighted by Crippen LogP contribution is -2.55. The number of carbonyl (C=O) groups excluding carboxylic acids is 2. The molecule has 206 valence electrons. The van der Waals surface area contributed by atoms with Gasteiger partial charge in [0.25, 0.3) is 0 Å². The third-order valence-corrected chi connectivity index (χ3v) is 8.51. The van der Waals surface area contributed by atoms with Crippen LogP contribution in [-0.2, 0) is 21.7 Å². The molecule has 2 saturated heterocycles. The monoisotopic (exact) mass is 542 g/mol. The van der Waals surface area contributed by atoms with Crippen molar-refractivity contribution in [2.75, 3.05) is 13.1 Å². The van der Waals surface area contributed by atoms with Crippen LogP contribution in [0.15, 0.2) is 65.7 Å². The van der Waals surface area contributed by atoms with Crippen molar-refractivity contribution in [2.45, 2.75) is 51.2 Å². The van der Waals surface area contributed by atoms with Crippen LogP contribution < -0.4 is 5.32 Å². The van der Waals surface area contributed by atoms with E-state index < -0.39 is 28.7 Å². The van der Waals surface area contributed by atoms with Crippen molar-refractivity contribution in [3.8, 4) is 11.3 Å². The summed E-state index contributed by atoms with van der Waals surface area (Å²) in [5.74, 6) is -1.07. The molecule has 2 aliphatic rings. The number of nitrogens with one attached hydrogen (secondary N) is 1. The van der Waals surface area contributed by atoms with E-state index in [-0.39, 0.29) is 23.3 Å². The highest BCUT2D eigenvalue weighted by Gasteiger charge is 2.50. The second-order valence-corrected chi connectivity index (χ2v) is 11.5. The third kappa shape index (κ3) is 4.59. The topological polar surface area (TPSA) is 109 Å². The van der Waals surface area contributed by atoms with Crippen LogP contribution in [0, 0.1) is 11.2 Å². The van der Waals surface area contributed by atoms with Crippen molar-refractivity contribution >= 4 is 22.7 Å². The van der Waals surface area contributed by atoms with Crippen LogP contribution in [0.3, 0.4) is 0 Å². The van der Waals surface area contributed by atoms with Gasteiger partial charge >= 0.3 is 0 Å². The number of oxazole rings is 1. The van der Waals surface area contributed by atoms with Gasteiger partial charge < -0.3 is 9.52 Å². The van der Waals surface area contributed by atoms with Crippen molar-refractivity contribution in [2.24, 2.45) is 5.41 Å². The summed E-state index contributed by atoms with van der Waals surface area (Å²) in [6, 6.07) is 13.1. The molecule has 2 fully saturated rings. The molecule has 0 saturated carbocycles. The lowest BCUT2D eigenvalue weighted by atomic mass is 9.66. The minimum atomic E-state index is -1.40. The molecule has 4 heterocycles. The van der Waals surface area contributed by atoms with Gasteiger partial charge in [0.2, 0.25) is 11.8 Å². The number of aliphatic hydroxyl groups is 1. The van der Waals surface area contributed by atoms with E-state index in [1.54, 1.807) is 30.6 Å². The molecule has 40 heavy (non-hydrogen) atoms. The van der Waals surface area contributed by atoms with E-state index in [0.29, 0.717) is 49.3 Å². The number of piperidine rings is 2. The molecule has 0 spiro atoms. The van der Waals surface area contributed by atoms with Gasteiger partial charge in [0, 0.05) is 54.2 Å². The van der Waals surface area contributed by atoms with Gasteiger partial charge in [-0.05, 0) is 36.1 Å². The highest BCUT2D eigenvalue weighted by Crippen LogP contribution is 2.48. The summed E-state index contributed by atoms with van der Waals surface area (Å²) in [6.07, 6.45) is 5.60. The van der Waals surface area contributed by atoms with Crippen LogP contribution in [0.2, 0.25) is 0 Å². The largest absolute Gasteiger partial charge is 0.444 e. The van der Waals surface area contributed by atoms with Crippen LogP contribution in [0.4, 0.5) is 4.39 Å². The molecule has 8 nitrogen and oxygen atoms in total. The number of hydrogen-bond acceptors (Lipinski definition) is 7. The summed E-state index contributed by atoms with van der Waals surface area (Å²) in [6.45, 7) is 5.80. The summed E-state index contributed by atoms with van der Waals surface area (Å²) in [5.41, 5.74) is 1.28. The molecule has 0 radical (unpaired) electrons. The van der Waals surface area contributed by atoms with Crippen LogP contribution in [0.25, 0.3) is 22.2 Å². The number of amides is 2. The summed E-state index contributed by atoms with van der Waals surface area (Å²) in [5, 5.41) is 14.6. The molecular weight excluding hydrogens is 511 g/mol. The number of benzene rings is 2. The zero-order valence-corrected chi connectivity index (χ0v) is 22.5. The van der Waals surface area contributed by atoms with Gasteiger partial charge in [-0.3, -0.25) is 24.8 Å². The molecule has 0 bridgehead atoms. The van der Waals surface area contributed by atoms with E-state index >= 15 is 4.39 Å². The van der Waals surface area contributed by atoms with Crippen molar-refractivity contribution < 1.29 is 23.5 Å². The zero-order chi connectivity index (χ0) is 28.1. The number of aromatic nitrogens is 2. The number of halogens is 1. The maximum absolute atomic E-state index is 16.2. The Balaban J connectivity index is 1.24. The molecular formula is C31H31FN4O4. The molecule has 6 rings (SSSR count). The van der Waals surface area contributed by atoms with Gasteiger partial charge in [0.1, 0.15) is 5.82 Å². The fraction of sp³-hybridized carbons (Fsp3) is 0.355. The Hall–Kier alpha value is -3.95. The Labute approximate surface area is 231 Å². The fourth-order valence-corrected chi connectivity index (χ4v) is 6.15. The molecule has 2 amide bonds. The van der Waals surface area contributed by atoms with Crippen molar-refractivity contribution in [3.63, 3.8) is 0 Å². The minimum absolute atomic E-state index is 0.229. The first-order valence-electron chi connectivity index (χ1n) is 13.5. The van der Waals surface area contributed by atoms with Crippen LogP contribution in [-0.4, -0.2) is 44.9 Å². The van der Waals surface area contributed by atoms with E-state index in [1.165, 1.54) is 6.39 Å². The van der Waals surface area contributed by atoms with Crippen molar-refractivity contribution in [1.29, 1.82) is 0 Å². The summed E-state index contributed by atoms with van der Waals surface area (Å²) in [7, 11) is 0. The molecule has 9 heteroatoms. The highest BCUT2D eigenvalue weighted by atomic mass is 19.1. The molecule has 0 aliphatic carbocycles. The first kappa shape index (κ1) is 26.3. The quantitative estimate of drug-likeness (QED) is 0.353. The van der Waals surface area contributed by atoms with Crippen LogP contribution in [0.5, 0.6) is 0 Å². The number of imide groups is 1. The second kappa shape index (κ2) is 9.91. The maximum atomic E-state index is 16.2. The van der Waals surface area contributed by atoms with Gasteiger partial charge in [-0.2, -0.15) is 0 Å². The Kier molecular flexibility index (Phi) is 6.51. The Morgan fingerprint density at radius 3 is 2.65 bits per heavy atom. The number of rotatable bonds is 5. The molecule has 1 unspecified atom stereocenters. The number of nitrogens with zero attached hydrogens (tertiary/aromatic N) is 3. The van der Waals surface area contributed by atoms with Gasteiger partial charge in [-0.15, -0.1) is 0 Å². The minimum Gasteiger partial charge on any atom is -0.444 e. The van der Waals surface area contributed by atoms with E-state index in [0.717, 1.165) is 11.1 Å². The standard InChI is InChI=1S/C31H31FN4O4/c1-30(2)17-36(16-19-3-5-20(6-4-19)26-15-33-18-40-26)12-11-31(30,39)24-8-9-25-23(28(24)32)13-21(14-34-25)22-7-10-27(37)35-29(22)38/h3-6,8-9,13-15,18,22,39H,7,10-12,16-17H2,1-2H3,(H,35,37,38)/t22?,31-/m0/s1. The molecule has 2 aliphatic heterocycles. The predicted octanol–water partition coefficient (Wildman–Crippen LogP) is 4.67. The number of pyridine rings is 1. The molecule has 2 N–H and O–H groups in total. The molecule has 2 atom stereocenters. The van der Waals surface area contributed by atoms with Gasteiger partial charge in [-0.25, -0.2) is 9.37 Å². The number of fused-ring (bicyclic) bond motifs is 1. The third-order valence-electron chi connectivity index (χ3n) is 8.51. The smallest absolute Gasteiger partial charge is 0.234 e. The summed E-state index contributed by atoms with van der Waals surface area (Å²) >= 11 is 0. The fourth-order valence-electron chi connectivity index (χ4n) is 6.15. The average molecular weight is 543 g/mol. The Morgan fingerprint density at radius 1 is 1.15 bits per heavy atom. The summed E-state index contributed by atoms with van der Waals surface area (Å²) in [4.78, 5) is 34.6. The normalized spacial score (nSPS) is 23.4. The zero-order valence-electron chi connectivity index (χ0n) is 22.5. The molecule has 4 aromatic rings. The van der Waals surface area contributed by atoms with E-state index in [2.05, 4.69) is 32.3 Å². The first-order valence-corrected chi connectivity index (χ1v) is 13.5. The van der Waals surface area contributed by atoms with Gasteiger partial charge in [0.05, 0.1) is 23.2 Å². The van der Waals surface area contributed by atoms with Crippen molar-refractivity contribution in [1.82, 2.24) is 20.2 Å². The highest BCUT2D eigenvalue weighted by molar-refractivity contribution is 6.01. The Bertz CT molecular complexity index is 1590. The van der Waals surface area contributed by atoms with Crippen molar-refractivity contribution in [3.05, 3.63) is 83.8 Å². The molecule has 2 aromatic carbocycles.